The first kappa shape index (κ1) is 21.7. The molecule has 33 heavy (non-hydrogen) atoms. The lowest BCUT2D eigenvalue weighted by atomic mass is 10.1. The maximum Gasteiger partial charge on any atom is 0.253 e. The van der Waals surface area contributed by atoms with Crippen molar-refractivity contribution in [1.82, 2.24) is 19.7 Å². The normalized spacial score (nSPS) is 13.6. The predicted octanol–water partition coefficient (Wildman–Crippen LogP) is 4.77. The third-order valence-corrected chi connectivity index (χ3v) is 6.37. The van der Waals surface area contributed by atoms with E-state index >= 15 is 0 Å². The molecular weight excluding hydrogens is 438 g/mol. The van der Waals surface area contributed by atoms with E-state index in [9.17, 15) is 4.79 Å². The van der Waals surface area contributed by atoms with Gasteiger partial charge in [0.2, 0.25) is 0 Å². The van der Waals surface area contributed by atoms with Gasteiger partial charge < -0.3 is 15.4 Å². The van der Waals surface area contributed by atoms with Crippen molar-refractivity contribution in [3.05, 3.63) is 58.2 Å². The van der Waals surface area contributed by atoms with Crippen LogP contribution in [0.1, 0.15) is 34.3 Å². The molecule has 5 rings (SSSR count). The Kier molecular flexibility index (Phi) is 5.68. The van der Waals surface area contributed by atoms with Gasteiger partial charge in [-0.2, -0.15) is 0 Å². The molecule has 0 aliphatic heterocycles. The highest BCUT2D eigenvalue weighted by Crippen LogP contribution is 2.32. The molecule has 0 unspecified atom stereocenters. The number of hydrogen-bond donors (Lipinski definition) is 2. The first-order valence-electron chi connectivity index (χ1n) is 11.1. The van der Waals surface area contributed by atoms with Gasteiger partial charge >= 0.3 is 0 Å². The number of nitrogens with one attached hydrogen (secondary N) is 2. The summed E-state index contributed by atoms with van der Waals surface area (Å²) in [5.41, 5.74) is 7.16. The molecule has 0 bridgehead atoms. The number of carbonyl (C=O) groups is 1. The lowest BCUT2D eigenvalue weighted by Crippen LogP contribution is -2.25. The molecule has 7 nitrogen and oxygen atoms in total. The van der Waals surface area contributed by atoms with Crippen LogP contribution in [0.4, 0.5) is 5.82 Å². The summed E-state index contributed by atoms with van der Waals surface area (Å²) in [7, 11) is 1.67. The van der Waals surface area contributed by atoms with E-state index in [1.807, 2.05) is 18.3 Å². The SMILES string of the molecule is COCCNc1nc2cc(C)c(C)cc2n2c(-c3ccc(C(=O)NC4CC4)c(Cl)c3)cnc12. The van der Waals surface area contributed by atoms with Gasteiger partial charge in [0.1, 0.15) is 0 Å². The van der Waals surface area contributed by atoms with Gasteiger partial charge in [-0.15, -0.1) is 0 Å². The fourth-order valence-corrected chi connectivity index (χ4v) is 4.20. The van der Waals surface area contributed by atoms with Crippen LogP contribution in [0.15, 0.2) is 36.5 Å². The number of ether oxygens (including phenoxy) is 1. The number of carbonyl (C=O) groups excluding carboxylic acids is 1. The van der Waals surface area contributed by atoms with Crippen LogP contribution in [-0.4, -0.2) is 46.6 Å². The van der Waals surface area contributed by atoms with Crippen LogP contribution in [-0.2, 0) is 4.74 Å². The maximum atomic E-state index is 12.5. The zero-order chi connectivity index (χ0) is 23.1. The summed E-state index contributed by atoms with van der Waals surface area (Å²) in [5.74, 6) is 0.568. The van der Waals surface area contributed by atoms with Gasteiger partial charge in [-0.1, -0.05) is 17.7 Å². The van der Waals surface area contributed by atoms with Gasteiger partial charge in [0.05, 0.1) is 40.1 Å². The lowest BCUT2D eigenvalue weighted by molar-refractivity contribution is 0.0951. The first-order chi connectivity index (χ1) is 16.0. The fourth-order valence-electron chi connectivity index (χ4n) is 3.93. The monoisotopic (exact) mass is 463 g/mol. The molecule has 4 aromatic rings. The van der Waals surface area contributed by atoms with E-state index in [4.69, 9.17) is 21.3 Å². The van der Waals surface area contributed by atoms with Crippen LogP contribution >= 0.6 is 11.6 Å². The van der Waals surface area contributed by atoms with Crippen molar-refractivity contribution in [1.29, 1.82) is 0 Å². The Morgan fingerprint density at radius 3 is 2.73 bits per heavy atom. The fraction of sp³-hybridized carbons (Fsp3) is 0.320. The minimum Gasteiger partial charge on any atom is -0.383 e. The molecule has 1 aliphatic rings. The summed E-state index contributed by atoms with van der Waals surface area (Å²) in [5, 5.41) is 6.76. The predicted molar refractivity (Wildman–Crippen MR) is 131 cm³/mol. The third-order valence-electron chi connectivity index (χ3n) is 6.06. The van der Waals surface area contributed by atoms with E-state index in [2.05, 4.69) is 46.0 Å². The molecular formula is C25H26ClN5O2. The molecule has 0 radical (unpaired) electrons. The van der Waals surface area contributed by atoms with Crippen molar-refractivity contribution in [2.75, 3.05) is 25.6 Å². The number of aryl methyl sites for hydroxylation is 2. The summed E-state index contributed by atoms with van der Waals surface area (Å²) < 4.78 is 7.28. The zero-order valence-corrected chi connectivity index (χ0v) is 19.7. The van der Waals surface area contributed by atoms with E-state index < -0.39 is 0 Å². The number of aromatic nitrogens is 3. The molecule has 0 atom stereocenters. The molecule has 0 saturated heterocycles. The quantitative estimate of drug-likeness (QED) is 0.386. The van der Waals surface area contributed by atoms with Crippen LogP contribution in [0.5, 0.6) is 0 Å². The summed E-state index contributed by atoms with van der Waals surface area (Å²) >= 11 is 6.55. The number of halogens is 1. The molecule has 2 aromatic heterocycles. The smallest absolute Gasteiger partial charge is 0.253 e. The average Bonchev–Trinajstić information content (AvgIpc) is 3.49. The number of amides is 1. The lowest BCUT2D eigenvalue weighted by Gasteiger charge is -2.13. The molecule has 1 amide bonds. The second-order valence-corrected chi connectivity index (χ2v) is 8.96. The number of nitrogens with zero attached hydrogens (tertiary/aromatic N) is 3. The number of benzene rings is 2. The molecule has 170 valence electrons. The van der Waals surface area contributed by atoms with E-state index in [0.29, 0.717) is 29.6 Å². The number of rotatable bonds is 7. The second-order valence-electron chi connectivity index (χ2n) is 8.55. The number of imidazole rings is 1. The largest absolute Gasteiger partial charge is 0.383 e. The average molecular weight is 464 g/mol. The van der Waals surface area contributed by atoms with E-state index in [-0.39, 0.29) is 11.9 Å². The first-order valence-corrected chi connectivity index (χ1v) is 11.5. The molecule has 1 fully saturated rings. The molecule has 2 heterocycles. The van der Waals surface area contributed by atoms with Gasteiger partial charge in [-0.05, 0) is 62.1 Å². The summed E-state index contributed by atoms with van der Waals surface area (Å²) in [6.07, 6.45) is 3.89. The van der Waals surface area contributed by atoms with E-state index in [0.717, 1.165) is 40.8 Å². The Hall–Kier alpha value is -3.16. The zero-order valence-electron chi connectivity index (χ0n) is 18.9. The molecule has 2 aromatic carbocycles. The maximum absolute atomic E-state index is 12.5. The summed E-state index contributed by atoms with van der Waals surface area (Å²) in [6.45, 7) is 5.35. The topological polar surface area (TPSA) is 80.5 Å². The van der Waals surface area contributed by atoms with Gasteiger partial charge in [-0.3, -0.25) is 9.20 Å². The van der Waals surface area contributed by atoms with Crippen LogP contribution < -0.4 is 10.6 Å². The van der Waals surface area contributed by atoms with Crippen LogP contribution in [0.2, 0.25) is 5.02 Å². The Bertz CT molecular complexity index is 1380. The number of anilines is 1. The van der Waals surface area contributed by atoms with Gasteiger partial charge in [0.15, 0.2) is 11.5 Å². The van der Waals surface area contributed by atoms with Crippen molar-refractivity contribution in [3.8, 4) is 11.3 Å². The molecule has 1 aliphatic carbocycles. The van der Waals surface area contributed by atoms with Gasteiger partial charge in [0, 0.05) is 25.3 Å². The highest BCUT2D eigenvalue weighted by molar-refractivity contribution is 6.34. The molecule has 2 N–H and O–H groups in total. The molecule has 8 heteroatoms. The van der Waals surface area contributed by atoms with Crippen molar-refractivity contribution < 1.29 is 9.53 Å². The minimum absolute atomic E-state index is 0.127. The van der Waals surface area contributed by atoms with Crippen LogP contribution in [0.25, 0.3) is 27.9 Å². The van der Waals surface area contributed by atoms with Crippen molar-refractivity contribution in [2.45, 2.75) is 32.7 Å². The van der Waals surface area contributed by atoms with Crippen molar-refractivity contribution >= 4 is 40.0 Å². The second kappa shape index (κ2) is 8.65. The van der Waals surface area contributed by atoms with Gasteiger partial charge in [0.25, 0.3) is 5.91 Å². The van der Waals surface area contributed by atoms with E-state index in [1.165, 1.54) is 11.1 Å². The standard InChI is InChI=1S/C25H26ClN5O2/c1-14-10-20-21(11-15(14)2)31-22(13-28-24(31)23(30-20)27-8-9-33-3)16-4-7-18(19(26)12-16)25(32)29-17-5-6-17/h4,7,10-13,17H,5-6,8-9H2,1-3H3,(H,27,30)(H,29,32). The van der Waals surface area contributed by atoms with Crippen LogP contribution in [0, 0.1) is 13.8 Å². The number of fused-ring (bicyclic) bond motifs is 3. The molecule has 1 saturated carbocycles. The summed E-state index contributed by atoms with van der Waals surface area (Å²) in [4.78, 5) is 22.0. The highest BCUT2D eigenvalue weighted by atomic mass is 35.5. The van der Waals surface area contributed by atoms with Crippen molar-refractivity contribution in [3.63, 3.8) is 0 Å². The number of methoxy groups -OCH3 is 1. The summed E-state index contributed by atoms with van der Waals surface area (Å²) in [6, 6.07) is 10.0. The Morgan fingerprint density at radius 1 is 1.21 bits per heavy atom. The number of hydrogen-bond acceptors (Lipinski definition) is 5. The Morgan fingerprint density at radius 2 is 2.00 bits per heavy atom. The van der Waals surface area contributed by atoms with Gasteiger partial charge in [-0.25, -0.2) is 9.97 Å². The Labute approximate surface area is 197 Å². The van der Waals surface area contributed by atoms with Crippen LogP contribution in [0.3, 0.4) is 0 Å². The Balaban J connectivity index is 1.64. The van der Waals surface area contributed by atoms with Crippen molar-refractivity contribution in [2.24, 2.45) is 0 Å². The molecule has 0 spiro atoms. The van der Waals surface area contributed by atoms with E-state index in [1.54, 1.807) is 13.2 Å². The minimum atomic E-state index is -0.127. The third kappa shape index (κ3) is 4.14. The highest BCUT2D eigenvalue weighted by Gasteiger charge is 2.25.